The molecule has 4 heteroatoms. The third-order valence-electron chi connectivity index (χ3n) is 7.23. The zero-order chi connectivity index (χ0) is 23.8. The molecular formula is C33H29Cl2NZr. The van der Waals surface area contributed by atoms with Gasteiger partial charge in [-0.15, -0.1) is 0 Å². The maximum Gasteiger partial charge on any atom is -1.00 e. The fourth-order valence-electron chi connectivity index (χ4n) is 5.65. The van der Waals surface area contributed by atoms with E-state index in [9.17, 15) is 0 Å². The predicted molar refractivity (Wildman–Crippen MR) is 144 cm³/mol. The molecule has 2 aliphatic carbocycles. The van der Waals surface area contributed by atoms with Gasteiger partial charge in [0.15, 0.2) is 0 Å². The molecule has 0 heterocycles. The number of likely N-dealkylation sites (N-methyl/N-ethyl adjacent to an activating group) is 1. The van der Waals surface area contributed by atoms with Crippen molar-refractivity contribution in [2.24, 2.45) is 0 Å². The van der Waals surface area contributed by atoms with Crippen molar-refractivity contribution in [3.63, 3.8) is 0 Å². The minimum Gasteiger partial charge on any atom is -1.00 e. The van der Waals surface area contributed by atoms with E-state index in [0.29, 0.717) is 3.63 Å². The van der Waals surface area contributed by atoms with Gasteiger partial charge in [0, 0.05) is 0 Å². The first-order chi connectivity index (χ1) is 17.2. The standard InChI is InChI=1S/C13H9.C13H10.C7H10N.2ClH.Zr/c1-3-7-12-10(5-1)9-11-6-2-4-8-13(11)12;1-3-7-12(8-4-1)11-13-9-5-2-6-10-13;1-8(2)7-5-3-4-6-7;;;/h1-9H;1-10H;5-6H,3H2,1-2H3;2*1H;/q;;;;;+2/p-2. The summed E-state index contributed by atoms with van der Waals surface area (Å²) < 4.78 is 3.74. The smallest absolute Gasteiger partial charge is 1.00 e. The van der Waals surface area contributed by atoms with Gasteiger partial charge in [0.2, 0.25) is 0 Å². The van der Waals surface area contributed by atoms with E-state index in [0.717, 1.165) is 6.42 Å². The Hall–Kier alpha value is -2.51. The molecule has 0 amide bonds. The molecule has 0 N–H and O–H groups in total. The average molecular weight is 602 g/mol. The third-order valence-corrected chi connectivity index (χ3v) is 15.5. The number of fused-ring (bicyclic) bond motifs is 3. The molecule has 0 bridgehead atoms. The molecule has 37 heavy (non-hydrogen) atoms. The number of benzene rings is 4. The first-order valence-electron chi connectivity index (χ1n) is 12.3. The van der Waals surface area contributed by atoms with E-state index in [1.165, 1.54) is 39.1 Å². The van der Waals surface area contributed by atoms with Gasteiger partial charge in [-0.05, 0) is 0 Å². The SMILES string of the molecule is CN(C)C1=CC[C]([Zr+2](=[C](c2ccccc2)c2ccccc2)[CH]2c3ccccc3-c3ccccc32)=C1.[Cl-].[Cl-]. The molecule has 0 unspecified atom stereocenters. The first kappa shape index (κ1) is 27.5. The molecule has 4 aromatic carbocycles. The quantitative estimate of drug-likeness (QED) is 0.335. The van der Waals surface area contributed by atoms with E-state index in [-0.39, 0.29) is 24.8 Å². The fraction of sp³-hybridized carbons (Fsp3) is 0.121. The van der Waals surface area contributed by atoms with Gasteiger partial charge in [-0.1, -0.05) is 0 Å². The van der Waals surface area contributed by atoms with Crippen LogP contribution < -0.4 is 24.8 Å². The Morgan fingerprint density at radius 3 is 1.57 bits per heavy atom. The third kappa shape index (κ3) is 5.13. The van der Waals surface area contributed by atoms with Crippen molar-refractivity contribution in [3.05, 3.63) is 153 Å². The van der Waals surface area contributed by atoms with Gasteiger partial charge in [0.05, 0.1) is 0 Å². The van der Waals surface area contributed by atoms with Gasteiger partial charge in [0.25, 0.3) is 0 Å². The Labute approximate surface area is 240 Å². The Morgan fingerprint density at radius 2 is 1.11 bits per heavy atom. The number of nitrogens with zero attached hydrogens (tertiary/aromatic N) is 1. The van der Waals surface area contributed by atoms with Crippen LogP contribution in [-0.2, 0) is 21.3 Å². The minimum atomic E-state index is -2.59. The summed E-state index contributed by atoms with van der Waals surface area (Å²) in [6, 6.07) is 40.6. The van der Waals surface area contributed by atoms with Crippen LogP contribution in [0.3, 0.4) is 0 Å². The Balaban J connectivity index is 0.00000160. The van der Waals surface area contributed by atoms with Gasteiger partial charge in [-0.2, -0.15) is 0 Å². The van der Waals surface area contributed by atoms with Crippen molar-refractivity contribution in [2.75, 3.05) is 14.1 Å². The molecular weight excluding hydrogens is 573 g/mol. The van der Waals surface area contributed by atoms with Gasteiger partial charge in [-0.25, -0.2) is 0 Å². The topological polar surface area (TPSA) is 3.24 Å². The summed E-state index contributed by atoms with van der Waals surface area (Å²) in [7, 11) is 4.32. The van der Waals surface area contributed by atoms with Crippen LogP contribution in [-0.4, -0.2) is 22.2 Å². The van der Waals surface area contributed by atoms with Crippen LogP contribution in [0, 0.1) is 0 Å². The first-order valence-corrected chi connectivity index (χ1v) is 16.2. The number of allylic oxidation sites excluding steroid dienone is 3. The van der Waals surface area contributed by atoms with E-state index in [1.807, 2.05) is 0 Å². The number of hydrogen-bond donors (Lipinski definition) is 0. The molecule has 0 saturated heterocycles. The van der Waals surface area contributed by atoms with E-state index < -0.39 is 21.3 Å². The summed E-state index contributed by atoms with van der Waals surface area (Å²) in [5.74, 6) is 0. The molecule has 0 aliphatic heterocycles. The summed E-state index contributed by atoms with van der Waals surface area (Å²) in [6.45, 7) is 0. The monoisotopic (exact) mass is 599 g/mol. The molecule has 0 atom stereocenters. The van der Waals surface area contributed by atoms with Crippen molar-refractivity contribution < 1.29 is 46.1 Å². The number of halogens is 2. The second kappa shape index (κ2) is 11.9. The van der Waals surface area contributed by atoms with Crippen LogP contribution in [0.2, 0.25) is 0 Å². The second-order valence-corrected chi connectivity index (χ2v) is 15.8. The van der Waals surface area contributed by atoms with Gasteiger partial charge < -0.3 is 24.8 Å². The zero-order valence-corrected chi connectivity index (χ0v) is 25.0. The Morgan fingerprint density at radius 1 is 0.649 bits per heavy atom. The number of hydrogen-bond acceptors (Lipinski definition) is 1. The molecule has 2 aliphatic rings. The summed E-state index contributed by atoms with van der Waals surface area (Å²) in [5.41, 5.74) is 10.00. The van der Waals surface area contributed by atoms with E-state index in [2.05, 4.69) is 140 Å². The van der Waals surface area contributed by atoms with Crippen LogP contribution in [0.25, 0.3) is 11.1 Å². The molecule has 6 rings (SSSR count). The molecule has 0 aromatic heterocycles. The van der Waals surface area contributed by atoms with Crippen LogP contribution in [0.1, 0.15) is 32.3 Å². The Bertz CT molecular complexity index is 1400. The average Bonchev–Trinajstić information content (AvgIpc) is 3.52. The van der Waals surface area contributed by atoms with Crippen LogP contribution in [0.4, 0.5) is 0 Å². The fourth-order valence-corrected chi connectivity index (χ4v) is 14.7. The van der Waals surface area contributed by atoms with Crippen LogP contribution >= 0.6 is 0 Å². The van der Waals surface area contributed by atoms with Crippen molar-refractivity contribution in [2.45, 2.75) is 10.0 Å². The molecule has 1 nitrogen and oxygen atoms in total. The molecule has 0 fully saturated rings. The second-order valence-electron chi connectivity index (χ2n) is 9.53. The van der Waals surface area contributed by atoms with Crippen molar-refractivity contribution in [1.29, 1.82) is 0 Å². The summed E-state index contributed by atoms with van der Waals surface area (Å²) >= 11 is -2.59. The molecule has 4 aromatic rings. The van der Waals surface area contributed by atoms with Crippen LogP contribution in [0.15, 0.2) is 130 Å². The van der Waals surface area contributed by atoms with Gasteiger partial charge >= 0.3 is 217 Å². The maximum absolute atomic E-state index is 2.59. The van der Waals surface area contributed by atoms with E-state index in [1.54, 1.807) is 6.49 Å². The summed E-state index contributed by atoms with van der Waals surface area (Å²) in [6.07, 6.45) is 6.01. The van der Waals surface area contributed by atoms with Gasteiger partial charge in [-0.3, -0.25) is 0 Å². The van der Waals surface area contributed by atoms with E-state index in [4.69, 9.17) is 0 Å². The summed E-state index contributed by atoms with van der Waals surface area (Å²) in [5, 5.41) is 0. The van der Waals surface area contributed by atoms with Crippen molar-refractivity contribution in [1.82, 2.24) is 4.90 Å². The predicted octanol–water partition coefficient (Wildman–Crippen LogP) is 1.38. The van der Waals surface area contributed by atoms with Crippen LogP contribution in [0.5, 0.6) is 0 Å². The van der Waals surface area contributed by atoms with E-state index >= 15 is 0 Å². The number of rotatable bonds is 5. The normalized spacial score (nSPS) is 13.1. The summed E-state index contributed by atoms with van der Waals surface area (Å²) in [4.78, 5) is 2.26. The van der Waals surface area contributed by atoms with Crippen molar-refractivity contribution in [3.8, 4) is 11.1 Å². The molecule has 0 saturated carbocycles. The molecule has 0 spiro atoms. The largest absolute Gasteiger partial charge is 1.00 e. The molecule has 184 valence electrons. The Kier molecular flexibility index (Phi) is 8.86. The maximum atomic E-state index is 2.52. The molecule has 0 radical (unpaired) electrons. The van der Waals surface area contributed by atoms with Gasteiger partial charge in [0.1, 0.15) is 0 Å². The van der Waals surface area contributed by atoms with Crippen molar-refractivity contribution >= 4 is 3.21 Å². The zero-order valence-electron chi connectivity index (χ0n) is 21.0. The minimum absolute atomic E-state index is 0.